The quantitative estimate of drug-likeness (QED) is 0.630. The Morgan fingerprint density at radius 2 is 2.27 bits per heavy atom. The fourth-order valence-corrected chi connectivity index (χ4v) is 1.60. The molecule has 0 fully saturated rings. The van der Waals surface area contributed by atoms with Gasteiger partial charge < -0.3 is 11.1 Å². The van der Waals surface area contributed by atoms with Gasteiger partial charge in [-0.15, -0.1) is 0 Å². The lowest BCUT2D eigenvalue weighted by atomic mass is 9.95. The van der Waals surface area contributed by atoms with Gasteiger partial charge in [0.15, 0.2) is 5.96 Å². The second-order valence-electron chi connectivity index (χ2n) is 3.05. The van der Waals surface area contributed by atoms with Gasteiger partial charge in [0.25, 0.3) is 0 Å². The Hall–Kier alpha value is -0.730. The Kier molecular flexibility index (Phi) is 2.74. The predicted molar refractivity (Wildman–Crippen MR) is 47.5 cm³/mol. The molecule has 1 aliphatic rings. The van der Waals surface area contributed by atoms with Crippen LogP contribution in [0, 0.1) is 5.92 Å². The summed E-state index contributed by atoms with van der Waals surface area (Å²) in [4.78, 5) is 4.12. The molecule has 1 aliphatic heterocycles. The molecule has 1 heterocycles. The molecule has 3 nitrogen and oxygen atoms in total. The smallest absolute Gasteiger partial charge is 0.188 e. The van der Waals surface area contributed by atoms with E-state index in [1.165, 1.54) is 12.8 Å². The van der Waals surface area contributed by atoms with Crippen LogP contribution < -0.4 is 11.1 Å². The third-order valence-electron chi connectivity index (χ3n) is 2.41. The molecule has 0 aromatic heterocycles. The van der Waals surface area contributed by atoms with Gasteiger partial charge in [-0.1, -0.05) is 26.7 Å². The van der Waals surface area contributed by atoms with E-state index in [0.717, 1.165) is 12.5 Å². The molecule has 0 saturated heterocycles. The summed E-state index contributed by atoms with van der Waals surface area (Å²) in [7, 11) is 0. The zero-order valence-electron chi connectivity index (χ0n) is 7.30. The van der Waals surface area contributed by atoms with Crippen LogP contribution in [0.1, 0.15) is 26.7 Å². The predicted octanol–water partition coefficient (Wildman–Crippen LogP) is 0.709. The van der Waals surface area contributed by atoms with Crippen LogP contribution in [0.25, 0.3) is 0 Å². The number of hydrogen-bond donors (Lipinski definition) is 2. The summed E-state index contributed by atoms with van der Waals surface area (Å²) in [5.41, 5.74) is 5.51. The second-order valence-corrected chi connectivity index (χ2v) is 3.05. The van der Waals surface area contributed by atoms with Crippen molar-refractivity contribution in [3.8, 4) is 0 Å². The molecule has 0 saturated carbocycles. The van der Waals surface area contributed by atoms with Crippen molar-refractivity contribution in [2.75, 3.05) is 6.54 Å². The highest BCUT2D eigenvalue weighted by molar-refractivity contribution is 5.79. The minimum Gasteiger partial charge on any atom is -0.370 e. The van der Waals surface area contributed by atoms with Gasteiger partial charge >= 0.3 is 0 Å². The molecule has 0 spiro atoms. The van der Waals surface area contributed by atoms with Crippen molar-refractivity contribution in [2.45, 2.75) is 32.7 Å². The topological polar surface area (TPSA) is 50.4 Å². The third-order valence-corrected chi connectivity index (χ3v) is 2.41. The van der Waals surface area contributed by atoms with Gasteiger partial charge in [0.05, 0.1) is 12.6 Å². The first-order valence-corrected chi connectivity index (χ1v) is 4.34. The van der Waals surface area contributed by atoms with E-state index in [9.17, 15) is 0 Å². The molecule has 0 radical (unpaired) electrons. The Morgan fingerprint density at radius 3 is 2.64 bits per heavy atom. The number of nitrogens with one attached hydrogen (secondary N) is 1. The standard InChI is InChI=1S/C8H17N3/c1-3-6(4-2)7-5-10-8(9)11-7/h6-7H,3-5H2,1-2H3,(H3,9,10,11). The molecule has 0 bridgehead atoms. The molecule has 64 valence electrons. The Bertz CT molecular complexity index is 149. The summed E-state index contributed by atoms with van der Waals surface area (Å²) in [6.45, 7) is 5.28. The molecule has 0 aromatic rings. The summed E-state index contributed by atoms with van der Waals surface area (Å²) in [6, 6.07) is 0.491. The number of nitrogens with two attached hydrogens (primary N) is 1. The Balaban J connectivity index is 2.38. The van der Waals surface area contributed by atoms with Crippen LogP contribution >= 0.6 is 0 Å². The monoisotopic (exact) mass is 155 g/mol. The maximum Gasteiger partial charge on any atom is 0.188 e. The van der Waals surface area contributed by atoms with Crippen molar-refractivity contribution in [1.82, 2.24) is 5.32 Å². The van der Waals surface area contributed by atoms with Gasteiger partial charge in [0.2, 0.25) is 0 Å². The molecule has 0 aliphatic carbocycles. The van der Waals surface area contributed by atoms with E-state index < -0.39 is 0 Å². The van der Waals surface area contributed by atoms with Crippen LogP contribution in [-0.4, -0.2) is 18.5 Å². The molecule has 11 heavy (non-hydrogen) atoms. The highest BCUT2D eigenvalue weighted by atomic mass is 15.2. The third kappa shape index (κ3) is 1.85. The zero-order chi connectivity index (χ0) is 8.27. The van der Waals surface area contributed by atoms with Crippen LogP contribution in [0.4, 0.5) is 0 Å². The minimum absolute atomic E-state index is 0.491. The van der Waals surface area contributed by atoms with Gasteiger partial charge in [0, 0.05) is 0 Å². The number of guanidine groups is 1. The summed E-state index contributed by atoms with van der Waals surface area (Å²) in [5.74, 6) is 1.33. The van der Waals surface area contributed by atoms with Crippen molar-refractivity contribution in [1.29, 1.82) is 0 Å². The highest BCUT2D eigenvalue weighted by Crippen LogP contribution is 2.15. The summed E-state index contributed by atoms with van der Waals surface area (Å²) in [6.07, 6.45) is 2.41. The van der Waals surface area contributed by atoms with E-state index in [0.29, 0.717) is 12.0 Å². The van der Waals surface area contributed by atoms with Crippen molar-refractivity contribution in [3.05, 3.63) is 0 Å². The van der Waals surface area contributed by atoms with Crippen molar-refractivity contribution < 1.29 is 0 Å². The van der Waals surface area contributed by atoms with E-state index in [-0.39, 0.29) is 0 Å². The van der Waals surface area contributed by atoms with E-state index >= 15 is 0 Å². The van der Waals surface area contributed by atoms with Crippen molar-refractivity contribution >= 4 is 5.96 Å². The maximum atomic E-state index is 5.51. The molecule has 1 rings (SSSR count). The fourth-order valence-electron chi connectivity index (χ4n) is 1.60. The van der Waals surface area contributed by atoms with Gasteiger partial charge in [0.1, 0.15) is 0 Å². The van der Waals surface area contributed by atoms with E-state index in [2.05, 4.69) is 24.2 Å². The highest BCUT2D eigenvalue weighted by Gasteiger charge is 2.22. The van der Waals surface area contributed by atoms with Crippen LogP contribution in [-0.2, 0) is 0 Å². The number of hydrogen-bond acceptors (Lipinski definition) is 3. The second kappa shape index (κ2) is 3.60. The number of rotatable bonds is 3. The first kappa shape index (κ1) is 8.37. The van der Waals surface area contributed by atoms with Crippen molar-refractivity contribution in [2.24, 2.45) is 16.6 Å². The molecule has 0 amide bonds. The zero-order valence-corrected chi connectivity index (χ0v) is 7.30. The van der Waals surface area contributed by atoms with Crippen LogP contribution in [0.2, 0.25) is 0 Å². The lowest BCUT2D eigenvalue weighted by Crippen LogP contribution is -2.39. The first-order valence-electron chi connectivity index (χ1n) is 4.34. The van der Waals surface area contributed by atoms with Gasteiger partial charge in [-0.2, -0.15) is 0 Å². The lowest BCUT2D eigenvalue weighted by molar-refractivity contribution is 0.388. The molecule has 3 heteroatoms. The van der Waals surface area contributed by atoms with Crippen molar-refractivity contribution in [3.63, 3.8) is 0 Å². The minimum atomic E-state index is 0.491. The van der Waals surface area contributed by atoms with Gasteiger partial charge in [-0.25, -0.2) is 0 Å². The van der Waals surface area contributed by atoms with Crippen LogP contribution in [0.5, 0.6) is 0 Å². The van der Waals surface area contributed by atoms with Crippen LogP contribution in [0.15, 0.2) is 4.99 Å². The number of aliphatic imine (C=N–C) groups is 1. The average molecular weight is 155 g/mol. The molecule has 3 N–H and O–H groups in total. The first-order chi connectivity index (χ1) is 5.27. The van der Waals surface area contributed by atoms with E-state index in [1.807, 2.05) is 0 Å². The average Bonchev–Trinajstić information content (AvgIpc) is 2.39. The van der Waals surface area contributed by atoms with Gasteiger partial charge in [-0.3, -0.25) is 4.99 Å². The molecular formula is C8H17N3. The largest absolute Gasteiger partial charge is 0.370 e. The lowest BCUT2D eigenvalue weighted by Gasteiger charge is -2.20. The van der Waals surface area contributed by atoms with Gasteiger partial charge in [-0.05, 0) is 5.92 Å². The van der Waals surface area contributed by atoms with E-state index in [4.69, 9.17) is 5.73 Å². The molecular weight excluding hydrogens is 138 g/mol. The molecule has 0 aromatic carbocycles. The summed E-state index contributed by atoms with van der Waals surface area (Å²) in [5, 5.41) is 3.18. The normalized spacial score (nSPS) is 23.5. The fraction of sp³-hybridized carbons (Fsp3) is 0.875. The number of nitrogens with zero attached hydrogens (tertiary/aromatic N) is 1. The Morgan fingerprint density at radius 1 is 1.64 bits per heavy atom. The molecule has 1 atom stereocenters. The Labute approximate surface area is 68.1 Å². The van der Waals surface area contributed by atoms with E-state index in [1.54, 1.807) is 0 Å². The summed E-state index contributed by atoms with van der Waals surface area (Å²) < 4.78 is 0. The SMILES string of the molecule is CCC(CC)C1CN=C(N)N1. The van der Waals surface area contributed by atoms with Crippen LogP contribution in [0.3, 0.4) is 0 Å². The molecule has 1 unspecified atom stereocenters. The maximum absolute atomic E-state index is 5.51. The summed E-state index contributed by atoms with van der Waals surface area (Å²) >= 11 is 0.